The molecular weight excluding hydrogens is 218 g/mol. The molecule has 1 aliphatic rings. The van der Waals surface area contributed by atoms with Gasteiger partial charge in [-0.25, -0.2) is 0 Å². The fraction of sp³-hybridized carbons (Fsp3) is 0.250. The minimum absolute atomic E-state index is 0.136. The van der Waals surface area contributed by atoms with Crippen molar-refractivity contribution in [1.29, 1.82) is 5.26 Å². The van der Waals surface area contributed by atoms with Crippen LogP contribution < -0.4 is 4.90 Å². The van der Waals surface area contributed by atoms with Gasteiger partial charge in [0.1, 0.15) is 6.54 Å². The van der Waals surface area contributed by atoms with E-state index in [0.29, 0.717) is 0 Å². The first kappa shape index (κ1) is 11.1. The highest BCUT2D eigenvalue weighted by atomic mass is 16.2. The van der Waals surface area contributed by atoms with Gasteiger partial charge in [-0.3, -0.25) is 14.5 Å². The second-order valence-electron chi connectivity index (χ2n) is 3.72. The second kappa shape index (κ2) is 4.66. The minimum Gasteiger partial charge on any atom is -0.353 e. The fourth-order valence-corrected chi connectivity index (χ4v) is 1.76. The number of piperazine rings is 1. The van der Waals surface area contributed by atoms with Gasteiger partial charge in [0.15, 0.2) is 0 Å². The average Bonchev–Trinajstić information content (AvgIpc) is 2.35. The van der Waals surface area contributed by atoms with Crippen LogP contribution in [0.3, 0.4) is 0 Å². The van der Waals surface area contributed by atoms with Crippen molar-refractivity contribution in [3.8, 4) is 6.07 Å². The molecule has 0 radical (unpaired) electrons. The number of carbonyl (C=O) groups excluding carboxylic acids is 2. The fourth-order valence-electron chi connectivity index (χ4n) is 1.76. The lowest BCUT2D eigenvalue weighted by molar-refractivity contribution is -0.144. The largest absolute Gasteiger partial charge is 0.353 e. The highest BCUT2D eigenvalue weighted by molar-refractivity contribution is 6.02. The van der Waals surface area contributed by atoms with E-state index < -0.39 is 0 Å². The Morgan fingerprint density at radius 1 is 1.12 bits per heavy atom. The Kier molecular flexibility index (Phi) is 3.06. The van der Waals surface area contributed by atoms with E-state index in [1.165, 1.54) is 0 Å². The van der Waals surface area contributed by atoms with Crippen molar-refractivity contribution in [3.63, 3.8) is 0 Å². The summed E-state index contributed by atoms with van der Waals surface area (Å²) >= 11 is 0. The molecule has 0 saturated carbocycles. The number of anilines is 1. The van der Waals surface area contributed by atoms with E-state index in [1.807, 2.05) is 36.4 Å². The Labute approximate surface area is 98.9 Å². The number of hydrogen-bond acceptors (Lipinski definition) is 4. The summed E-state index contributed by atoms with van der Waals surface area (Å²) in [6, 6.07) is 11.1. The standard InChI is InChI=1S/C12H11N3O2/c13-6-7-15-11(16)8-14(9-12(15)17)10-4-2-1-3-5-10/h1-5H,7-9H2. The highest BCUT2D eigenvalue weighted by Crippen LogP contribution is 2.16. The van der Waals surface area contributed by atoms with Crippen LogP contribution in [0.2, 0.25) is 0 Å². The van der Waals surface area contributed by atoms with Crippen LogP contribution in [0.25, 0.3) is 0 Å². The molecule has 5 heteroatoms. The van der Waals surface area contributed by atoms with Gasteiger partial charge >= 0.3 is 0 Å². The average molecular weight is 229 g/mol. The molecule has 0 aliphatic carbocycles. The van der Waals surface area contributed by atoms with Crippen LogP contribution in [0.5, 0.6) is 0 Å². The first-order valence-corrected chi connectivity index (χ1v) is 5.22. The van der Waals surface area contributed by atoms with Gasteiger partial charge in [-0.2, -0.15) is 5.26 Å². The van der Waals surface area contributed by atoms with E-state index in [4.69, 9.17) is 5.26 Å². The molecule has 5 nitrogen and oxygen atoms in total. The molecule has 1 aliphatic heterocycles. The molecule has 0 unspecified atom stereocenters. The zero-order valence-electron chi connectivity index (χ0n) is 9.17. The second-order valence-corrected chi connectivity index (χ2v) is 3.72. The molecule has 0 N–H and O–H groups in total. The van der Waals surface area contributed by atoms with E-state index in [2.05, 4.69) is 0 Å². The molecule has 86 valence electrons. The molecule has 2 rings (SSSR count). The highest BCUT2D eigenvalue weighted by Gasteiger charge is 2.30. The van der Waals surface area contributed by atoms with Crippen LogP contribution in [0.4, 0.5) is 5.69 Å². The third-order valence-corrected chi connectivity index (χ3v) is 2.60. The summed E-state index contributed by atoms with van der Waals surface area (Å²) in [6.07, 6.45) is 0. The zero-order valence-corrected chi connectivity index (χ0v) is 9.17. The lowest BCUT2D eigenvalue weighted by Crippen LogP contribution is -2.54. The van der Waals surface area contributed by atoms with Gasteiger partial charge in [-0.15, -0.1) is 0 Å². The topological polar surface area (TPSA) is 64.4 Å². The SMILES string of the molecule is N#CCN1C(=O)CN(c2ccccc2)CC1=O. The minimum atomic E-state index is -0.327. The monoisotopic (exact) mass is 229 g/mol. The maximum atomic E-state index is 11.7. The molecule has 0 atom stereocenters. The van der Waals surface area contributed by atoms with Crippen molar-refractivity contribution >= 4 is 17.5 Å². The van der Waals surface area contributed by atoms with Crippen LogP contribution >= 0.6 is 0 Å². The van der Waals surface area contributed by atoms with Crippen molar-refractivity contribution in [2.75, 3.05) is 24.5 Å². The Morgan fingerprint density at radius 3 is 2.24 bits per heavy atom. The third-order valence-electron chi connectivity index (χ3n) is 2.60. The van der Waals surface area contributed by atoms with Crippen LogP contribution in [-0.2, 0) is 9.59 Å². The molecule has 0 bridgehead atoms. The van der Waals surface area contributed by atoms with Crippen LogP contribution in [0.15, 0.2) is 30.3 Å². The van der Waals surface area contributed by atoms with Crippen molar-refractivity contribution in [2.24, 2.45) is 0 Å². The summed E-state index contributed by atoms with van der Waals surface area (Å²) in [6.45, 7) is 0.106. The predicted octanol–water partition coefficient (Wildman–Crippen LogP) is 0.385. The number of amides is 2. The Bertz CT molecular complexity index is 460. The maximum Gasteiger partial charge on any atom is 0.249 e. The van der Waals surface area contributed by atoms with Crippen LogP contribution in [-0.4, -0.2) is 36.3 Å². The van der Waals surface area contributed by atoms with E-state index >= 15 is 0 Å². The van der Waals surface area contributed by atoms with E-state index in [1.54, 1.807) is 4.90 Å². The summed E-state index contributed by atoms with van der Waals surface area (Å²) in [7, 11) is 0. The molecule has 2 amide bonds. The van der Waals surface area contributed by atoms with E-state index in [0.717, 1.165) is 10.6 Å². The number of hydrogen-bond donors (Lipinski definition) is 0. The first-order valence-electron chi connectivity index (χ1n) is 5.22. The van der Waals surface area contributed by atoms with Gasteiger partial charge in [0.25, 0.3) is 0 Å². The molecular formula is C12H11N3O2. The predicted molar refractivity (Wildman–Crippen MR) is 61.0 cm³/mol. The van der Waals surface area contributed by atoms with Gasteiger partial charge in [0, 0.05) is 5.69 Å². The zero-order chi connectivity index (χ0) is 12.3. The molecule has 1 saturated heterocycles. The van der Waals surface area contributed by atoms with Gasteiger partial charge < -0.3 is 4.90 Å². The van der Waals surface area contributed by atoms with Crippen LogP contribution in [0, 0.1) is 11.3 Å². The molecule has 1 aromatic carbocycles. The van der Waals surface area contributed by atoms with E-state index in [-0.39, 0.29) is 31.4 Å². The number of rotatable bonds is 2. The summed E-state index contributed by atoms with van der Waals surface area (Å²) in [5, 5.41) is 8.53. The first-order chi connectivity index (χ1) is 8.22. The summed E-state index contributed by atoms with van der Waals surface area (Å²) in [5.41, 5.74) is 0.839. The third kappa shape index (κ3) is 2.26. The lowest BCUT2D eigenvalue weighted by atomic mass is 10.2. The van der Waals surface area contributed by atoms with Crippen molar-refractivity contribution < 1.29 is 9.59 Å². The number of para-hydroxylation sites is 1. The Hall–Kier alpha value is -2.35. The Balaban J connectivity index is 2.15. The summed E-state index contributed by atoms with van der Waals surface area (Å²) in [4.78, 5) is 26.1. The summed E-state index contributed by atoms with van der Waals surface area (Å²) < 4.78 is 0. The van der Waals surface area contributed by atoms with Crippen molar-refractivity contribution in [3.05, 3.63) is 30.3 Å². The summed E-state index contributed by atoms with van der Waals surface area (Å²) in [5.74, 6) is -0.654. The molecule has 1 heterocycles. The lowest BCUT2D eigenvalue weighted by Gasteiger charge is -2.32. The van der Waals surface area contributed by atoms with Gasteiger partial charge in [-0.05, 0) is 12.1 Å². The molecule has 17 heavy (non-hydrogen) atoms. The number of nitriles is 1. The quantitative estimate of drug-likeness (QED) is 0.543. The normalized spacial score (nSPS) is 15.9. The van der Waals surface area contributed by atoms with E-state index in [9.17, 15) is 9.59 Å². The smallest absolute Gasteiger partial charge is 0.249 e. The van der Waals surface area contributed by atoms with Crippen LogP contribution in [0.1, 0.15) is 0 Å². The van der Waals surface area contributed by atoms with Gasteiger partial charge in [0.2, 0.25) is 11.8 Å². The van der Waals surface area contributed by atoms with Gasteiger partial charge in [0.05, 0.1) is 19.2 Å². The number of imide groups is 1. The molecule has 0 spiro atoms. The maximum absolute atomic E-state index is 11.7. The molecule has 1 aromatic rings. The molecule has 1 fully saturated rings. The molecule has 0 aromatic heterocycles. The Morgan fingerprint density at radius 2 is 1.71 bits per heavy atom. The number of benzene rings is 1. The number of carbonyl (C=O) groups is 2. The van der Waals surface area contributed by atoms with Crippen molar-refractivity contribution in [2.45, 2.75) is 0 Å². The van der Waals surface area contributed by atoms with Gasteiger partial charge in [-0.1, -0.05) is 18.2 Å². The van der Waals surface area contributed by atoms with Crippen molar-refractivity contribution in [1.82, 2.24) is 4.90 Å². The number of nitrogens with zero attached hydrogens (tertiary/aromatic N) is 3.